The van der Waals surface area contributed by atoms with Gasteiger partial charge in [-0.05, 0) is 6.42 Å². The van der Waals surface area contributed by atoms with Crippen molar-refractivity contribution in [3.8, 4) is 0 Å². The number of nitro groups is 1. The zero-order chi connectivity index (χ0) is 18.8. The van der Waals surface area contributed by atoms with Crippen LogP contribution >= 0.6 is 0 Å². The molecule has 0 aromatic rings. The Balaban J connectivity index is 3.35. The predicted octanol–water partition coefficient (Wildman–Crippen LogP) is 5.25. The minimum Gasteiger partial charge on any atom is -0.389 e. The standard InChI is InChI=1S/C20H41NO4/c1-2-3-4-5-6-7-8-9-10-11-12-13-14-15-16-17-20(18-22,19-23)21(24)25/h22-23H,2-19H2,1H3. The molecule has 0 saturated heterocycles. The van der Waals surface area contributed by atoms with E-state index in [4.69, 9.17) is 10.2 Å². The van der Waals surface area contributed by atoms with Crippen molar-refractivity contribution in [2.24, 2.45) is 0 Å². The van der Waals surface area contributed by atoms with E-state index in [2.05, 4.69) is 6.92 Å². The maximum absolute atomic E-state index is 10.9. The molecule has 0 bridgehead atoms. The summed E-state index contributed by atoms with van der Waals surface area (Å²) in [7, 11) is 0. The summed E-state index contributed by atoms with van der Waals surface area (Å²) in [5.41, 5.74) is -1.55. The Morgan fingerprint density at radius 2 is 1.00 bits per heavy atom. The first kappa shape index (κ1) is 24.3. The fraction of sp³-hybridized carbons (Fsp3) is 1.00. The molecule has 2 N–H and O–H groups in total. The van der Waals surface area contributed by atoms with Gasteiger partial charge in [-0.25, -0.2) is 0 Å². The van der Waals surface area contributed by atoms with Gasteiger partial charge in [-0.2, -0.15) is 0 Å². The van der Waals surface area contributed by atoms with Gasteiger partial charge in [0.15, 0.2) is 0 Å². The zero-order valence-electron chi connectivity index (χ0n) is 16.4. The second kappa shape index (κ2) is 16.8. The van der Waals surface area contributed by atoms with E-state index >= 15 is 0 Å². The largest absolute Gasteiger partial charge is 0.389 e. The van der Waals surface area contributed by atoms with Crippen LogP contribution in [0.15, 0.2) is 0 Å². The van der Waals surface area contributed by atoms with E-state index in [1.54, 1.807) is 0 Å². The molecule has 0 aliphatic rings. The molecule has 0 aliphatic heterocycles. The predicted molar refractivity (Wildman–Crippen MR) is 103 cm³/mol. The van der Waals surface area contributed by atoms with Crippen molar-refractivity contribution in [3.63, 3.8) is 0 Å². The summed E-state index contributed by atoms with van der Waals surface area (Å²) < 4.78 is 0. The number of hydrogen-bond donors (Lipinski definition) is 2. The lowest BCUT2D eigenvalue weighted by Gasteiger charge is -2.20. The van der Waals surface area contributed by atoms with Gasteiger partial charge in [0.05, 0.1) is 0 Å². The third-order valence-electron chi connectivity index (χ3n) is 5.22. The lowest BCUT2D eigenvalue weighted by molar-refractivity contribution is -0.578. The Morgan fingerprint density at radius 3 is 1.28 bits per heavy atom. The molecule has 5 heteroatoms. The van der Waals surface area contributed by atoms with Crippen molar-refractivity contribution in [2.45, 2.75) is 115 Å². The quantitative estimate of drug-likeness (QED) is 0.187. The molecule has 0 saturated carbocycles. The minimum absolute atomic E-state index is 0.255. The number of hydrogen-bond acceptors (Lipinski definition) is 4. The number of nitrogens with zero attached hydrogens (tertiary/aromatic N) is 1. The lowest BCUT2D eigenvalue weighted by Crippen LogP contribution is -2.45. The van der Waals surface area contributed by atoms with Gasteiger partial charge in [0.1, 0.15) is 13.2 Å². The molecule has 0 fully saturated rings. The first-order valence-corrected chi connectivity index (χ1v) is 10.5. The third-order valence-corrected chi connectivity index (χ3v) is 5.22. The average Bonchev–Trinajstić information content (AvgIpc) is 2.61. The van der Waals surface area contributed by atoms with Crippen LogP contribution in [0.25, 0.3) is 0 Å². The molecule has 0 spiro atoms. The number of unbranched alkanes of at least 4 members (excludes halogenated alkanes) is 14. The molecular formula is C20H41NO4. The number of rotatable bonds is 19. The maximum Gasteiger partial charge on any atom is 0.267 e. The second-order valence-electron chi connectivity index (χ2n) is 7.50. The van der Waals surface area contributed by atoms with E-state index in [-0.39, 0.29) is 6.42 Å². The molecule has 0 unspecified atom stereocenters. The summed E-state index contributed by atoms with van der Waals surface area (Å²) in [5.74, 6) is 0. The molecule has 0 heterocycles. The van der Waals surface area contributed by atoms with Crippen molar-refractivity contribution in [3.05, 3.63) is 10.1 Å². The molecule has 0 aromatic carbocycles. The molecule has 25 heavy (non-hydrogen) atoms. The highest BCUT2D eigenvalue weighted by molar-refractivity contribution is 4.77. The smallest absolute Gasteiger partial charge is 0.267 e. The van der Waals surface area contributed by atoms with Crippen molar-refractivity contribution in [1.82, 2.24) is 0 Å². The number of aliphatic hydroxyl groups is 2. The summed E-state index contributed by atoms with van der Waals surface area (Å²) in [6.45, 7) is 1.08. The van der Waals surface area contributed by atoms with Gasteiger partial charge < -0.3 is 10.2 Å². The molecule has 0 rings (SSSR count). The van der Waals surface area contributed by atoms with Crippen LogP contribution in [-0.4, -0.2) is 33.9 Å². The average molecular weight is 360 g/mol. The summed E-state index contributed by atoms with van der Waals surface area (Å²) in [5, 5.41) is 29.3. The van der Waals surface area contributed by atoms with Gasteiger partial charge in [-0.1, -0.05) is 96.8 Å². The summed E-state index contributed by atoms with van der Waals surface area (Å²) >= 11 is 0. The fourth-order valence-corrected chi connectivity index (χ4v) is 3.24. The topological polar surface area (TPSA) is 83.6 Å². The molecule has 5 nitrogen and oxygen atoms in total. The van der Waals surface area contributed by atoms with E-state index in [9.17, 15) is 10.1 Å². The van der Waals surface area contributed by atoms with Crippen molar-refractivity contribution >= 4 is 0 Å². The van der Waals surface area contributed by atoms with Crippen LogP contribution in [0.5, 0.6) is 0 Å². The molecular weight excluding hydrogens is 318 g/mol. The van der Waals surface area contributed by atoms with E-state index < -0.39 is 23.7 Å². The van der Waals surface area contributed by atoms with Crippen LogP contribution < -0.4 is 0 Å². The zero-order valence-corrected chi connectivity index (χ0v) is 16.4. The maximum atomic E-state index is 10.9. The van der Waals surface area contributed by atoms with Gasteiger partial charge in [-0.3, -0.25) is 10.1 Å². The van der Waals surface area contributed by atoms with Crippen LogP contribution in [-0.2, 0) is 0 Å². The van der Waals surface area contributed by atoms with Gasteiger partial charge in [0.2, 0.25) is 0 Å². The Bertz CT molecular complexity index is 306. The van der Waals surface area contributed by atoms with Gasteiger partial charge in [0.25, 0.3) is 5.54 Å². The summed E-state index contributed by atoms with van der Waals surface area (Å²) in [6.07, 6.45) is 19.0. The van der Waals surface area contributed by atoms with Crippen LogP contribution in [0.4, 0.5) is 0 Å². The van der Waals surface area contributed by atoms with E-state index in [0.29, 0.717) is 6.42 Å². The minimum atomic E-state index is -1.55. The molecule has 0 radical (unpaired) electrons. The highest BCUT2D eigenvalue weighted by Crippen LogP contribution is 2.19. The van der Waals surface area contributed by atoms with E-state index in [1.807, 2.05) is 0 Å². The van der Waals surface area contributed by atoms with Crippen LogP contribution in [0.1, 0.15) is 110 Å². The van der Waals surface area contributed by atoms with Gasteiger partial charge in [0, 0.05) is 11.3 Å². The molecule has 0 amide bonds. The first-order valence-electron chi connectivity index (χ1n) is 10.5. The van der Waals surface area contributed by atoms with Crippen molar-refractivity contribution in [2.75, 3.05) is 13.2 Å². The van der Waals surface area contributed by atoms with Gasteiger partial charge in [-0.15, -0.1) is 0 Å². The highest BCUT2D eigenvalue weighted by atomic mass is 16.6. The molecule has 0 atom stereocenters. The Morgan fingerprint density at radius 1 is 0.680 bits per heavy atom. The molecule has 150 valence electrons. The van der Waals surface area contributed by atoms with Crippen molar-refractivity contribution < 1.29 is 15.1 Å². The van der Waals surface area contributed by atoms with E-state index in [0.717, 1.165) is 12.8 Å². The first-order chi connectivity index (χ1) is 12.1. The van der Waals surface area contributed by atoms with Gasteiger partial charge >= 0.3 is 0 Å². The van der Waals surface area contributed by atoms with Crippen LogP contribution in [0.3, 0.4) is 0 Å². The second-order valence-corrected chi connectivity index (χ2v) is 7.50. The van der Waals surface area contributed by atoms with Crippen LogP contribution in [0.2, 0.25) is 0 Å². The third kappa shape index (κ3) is 12.3. The lowest BCUT2D eigenvalue weighted by atomic mass is 9.94. The van der Waals surface area contributed by atoms with E-state index in [1.165, 1.54) is 77.0 Å². The Labute approximate surface area is 154 Å². The SMILES string of the molecule is CCCCCCCCCCCCCCCCCC(CO)(CO)[N+](=O)[O-]. The summed E-state index contributed by atoms with van der Waals surface area (Å²) in [6, 6.07) is 0. The Hall–Kier alpha value is -0.680. The number of aliphatic hydroxyl groups excluding tert-OH is 2. The fourth-order valence-electron chi connectivity index (χ4n) is 3.24. The molecule has 0 aliphatic carbocycles. The highest BCUT2D eigenvalue weighted by Gasteiger charge is 2.40. The molecule has 0 aromatic heterocycles. The normalized spacial score (nSPS) is 11.8. The summed E-state index contributed by atoms with van der Waals surface area (Å²) in [4.78, 5) is 10.4. The van der Waals surface area contributed by atoms with Crippen molar-refractivity contribution in [1.29, 1.82) is 0 Å². The Kier molecular flexibility index (Phi) is 16.3. The monoisotopic (exact) mass is 359 g/mol. The van der Waals surface area contributed by atoms with Crippen LogP contribution in [0, 0.1) is 10.1 Å².